The van der Waals surface area contributed by atoms with Crippen LogP contribution in [0.2, 0.25) is 0 Å². The highest BCUT2D eigenvalue weighted by Crippen LogP contribution is 2.32. The predicted molar refractivity (Wildman–Crippen MR) is 77.8 cm³/mol. The predicted octanol–water partition coefficient (Wildman–Crippen LogP) is 2.23. The molecule has 1 aromatic rings. The van der Waals surface area contributed by atoms with E-state index < -0.39 is 5.60 Å². The molecule has 2 fully saturated rings. The minimum Gasteiger partial charge on any atom is -0.461 e. The zero-order valence-corrected chi connectivity index (χ0v) is 12.5. The van der Waals surface area contributed by atoms with Crippen LogP contribution in [0.5, 0.6) is 0 Å². The molecule has 0 aromatic heterocycles. The van der Waals surface area contributed by atoms with Gasteiger partial charge in [-0.25, -0.2) is 0 Å². The number of cyclic esters (lactones) is 1. The summed E-state index contributed by atoms with van der Waals surface area (Å²) in [6.07, 6.45) is 2.67. The number of hydrogen-bond acceptors (Lipinski definition) is 5. The highest BCUT2D eigenvalue weighted by atomic mass is 16.6. The first-order chi connectivity index (χ1) is 10.7. The number of rotatable bonds is 7. The van der Waals surface area contributed by atoms with Gasteiger partial charge >= 0.3 is 11.9 Å². The summed E-state index contributed by atoms with van der Waals surface area (Å²) in [5.74, 6) is -0.407. The molecule has 0 bridgehead atoms. The van der Waals surface area contributed by atoms with Crippen molar-refractivity contribution in [2.24, 2.45) is 5.92 Å². The molecule has 1 saturated carbocycles. The Hall–Kier alpha value is -1.88. The number of carbonyl (C=O) groups excluding carboxylic acids is 2. The topological polar surface area (TPSA) is 61.8 Å². The molecule has 1 aliphatic heterocycles. The lowest BCUT2D eigenvalue weighted by molar-refractivity contribution is -0.170. The molecule has 1 heterocycles. The number of ether oxygens (including phenoxy) is 3. The molecule has 5 heteroatoms. The van der Waals surface area contributed by atoms with Crippen LogP contribution in [0.1, 0.15) is 31.2 Å². The number of hydrogen-bond donors (Lipinski definition) is 0. The maximum Gasteiger partial charge on any atom is 0.309 e. The molecule has 0 radical (unpaired) electrons. The van der Waals surface area contributed by atoms with Gasteiger partial charge < -0.3 is 14.2 Å². The first-order valence-corrected chi connectivity index (χ1v) is 7.67. The van der Waals surface area contributed by atoms with Crippen LogP contribution in [0.25, 0.3) is 0 Å². The van der Waals surface area contributed by atoms with E-state index in [9.17, 15) is 9.59 Å². The van der Waals surface area contributed by atoms with E-state index in [4.69, 9.17) is 14.2 Å². The van der Waals surface area contributed by atoms with Crippen molar-refractivity contribution in [2.75, 3.05) is 13.2 Å². The summed E-state index contributed by atoms with van der Waals surface area (Å²) in [5.41, 5.74) is 0.230. The van der Waals surface area contributed by atoms with Crippen molar-refractivity contribution in [1.29, 1.82) is 0 Å². The maximum atomic E-state index is 11.7. The number of carbonyl (C=O) groups is 2. The van der Waals surface area contributed by atoms with E-state index >= 15 is 0 Å². The molecule has 1 saturated heterocycles. The fourth-order valence-electron chi connectivity index (χ4n) is 2.49. The standard InChI is InChI=1S/C17H20O5/c18-15-8-9-17(22-15,12-21-16(19)14-6-7-14)11-20-10-13-4-2-1-3-5-13/h1-5,14H,6-12H2. The SMILES string of the molecule is O=C1CCC(COCc2ccccc2)(COC(=O)C2CC2)O1. The molecule has 2 aliphatic rings. The van der Waals surface area contributed by atoms with Crippen molar-refractivity contribution in [1.82, 2.24) is 0 Å². The van der Waals surface area contributed by atoms with E-state index in [1.54, 1.807) is 0 Å². The van der Waals surface area contributed by atoms with Crippen molar-refractivity contribution < 1.29 is 23.8 Å². The summed E-state index contributed by atoms with van der Waals surface area (Å²) >= 11 is 0. The first kappa shape index (κ1) is 15.0. The highest BCUT2D eigenvalue weighted by molar-refractivity contribution is 5.75. The molecule has 22 heavy (non-hydrogen) atoms. The largest absolute Gasteiger partial charge is 0.461 e. The van der Waals surface area contributed by atoms with Gasteiger partial charge in [-0.2, -0.15) is 0 Å². The second kappa shape index (κ2) is 6.48. The van der Waals surface area contributed by atoms with Crippen LogP contribution in [0.4, 0.5) is 0 Å². The van der Waals surface area contributed by atoms with Gasteiger partial charge in [0.1, 0.15) is 6.61 Å². The van der Waals surface area contributed by atoms with Crippen LogP contribution in [-0.4, -0.2) is 30.8 Å². The Kier molecular flexibility index (Phi) is 4.43. The van der Waals surface area contributed by atoms with Gasteiger partial charge in [-0.15, -0.1) is 0 Å². The van der Waals surface area contributed by atoms with E-state index in [2.05, 4.69) is 0 Å². The van der Waals surface area contributed by atoms with Crippen LogP contribution in [0.3, 0.4) is 0 Å². The number of benzene rings is 1. The summed E-state index contributed by atoms with van der Waals surface area (Å²) in [6.45, 7) is 0.769. The fraction of sp³-hybridized carbons (Fsp3) is 0.529. The lowest BCUT2D eigenvalue weighted by atomic mass is 10.0. The lowest BCUT2D eigenvalue weighted by Gasteiger charge is -2.27. The Morgan fingerprint density at radius 1 is 1.23 bits per heavy atom. The minimum atomic E-state index is -0.823. The molecule has 0 spiro atoms. The smallest absolute Gasteiger partial charge is 0.309 e. The van der Waals surface area contributed by atoms with E-state index in [1.807, 2.05) is 30.3 Å². The molecule has 1 unspecified atom stereocenters. The van der Waals surface area contributed by atoms with Gasteiger partial charge in [0.2, 0.25) is 0 Å². The molecule has 1 aromatic carbocycles. The third kappa shape index (κ3) is 3.85. The summed E-state index contributed by atoms with van der Waals surface area (Å²) in [4.78, 5) is 23.1. The summed E-state index contributed by atoms with van der Waals surface area (Å²) in [5, 5.41) is 0. The van der Waals surface area contributed by atoms with E-state index in [1.165, 1.54) is 0 Å². The Bertz CT molecular complexity index is 537. The molecular weight excluding hydrogens is 284 g/mol. The lowest BCUT2D eigenvalue weighted by Crippen LogP contribution is -2.40. The van der Waals surface area contributed by atoms with Crippen molar-refractivity contribution >= 4 is 11.9 Å². The van der Waals surface area contributed by atoms with Crippen molar-refractivity contribution in [3.8, 4) is 0 Å². The Morgan fingerprint density at radius 2 is 2.00 bits per heavy atom. The molecule has 5 nitrogen and oxygen atoms in total. The third-order valence-electron chi connectivity index (χ3n) is 3.98. The van der Waals surface area contributed by atoms with Gasteiger partial charge in [0.15, 0.2) is 5.60 Å². The zero-order valence-electron chi connectivity index (χ0n) is 12.5. The quantitative estimate of drug-likeness (QED) is 0.723. The number of esters is 2. The van der Waals surface area contributed by atoms with Crippen molar-refractivity contribution in [2.45, 2.75) is 37.9 Å². The maximum absolute atomic E-state index is 11.7. The monoisotopic (exact) mass is 304 g/mol. The van der Waals surface area contributed by atoms with Gasteiger partial charge in [0.25, 0.3) is 0 Å². The van der Waals surface area contributed by atoms with Crippen LogP contribution in [-0.2, 0) is 30.4 Å². The van der Waals surface area contributed by atoms with Gasteiger partial charge in [0.05, 0.1) is 19.1 Å². The van der Waals surface area contributed by atoms with Crippen LogP contribution >= 0.6 is 0 Å². The van der Waals surface area contributed by atoms with Crippen LogP contribution in [0, 0.1) is 5.92 Å². The molecule has 118 valence electrons. The highest BCUT2D eigenvalue weighted by Gasteiger charge is 2.43. The van der Waals surface area contributed by atoms with Crippen LogP contribution in [0.15, 0.2) is 30.3 Å². The second-order valence-electron chi connectivity index (χ2n) is 6.02. The summed E-state index contributed by atoms with van der Waals surface area (Å²) < 4.78 is 16.4. The normalized spacial score (nSPS) is 24.1. The summed E-state index contributed by atoms with van der Waals surface area (Å²) in [6, 6.07) is 9.78. The Balaban J connectivity index is 1.52. The first-order valence-electron chi connectivity index (χ1n) is 7.67. The Morgan fingerprint density at radius 3 is 2.64 bits per heavy atom. The average Bonchev–Trinajstić information content (AvgIpc) is 3.31. The van der Waals surface area contributed by atoms with Gasteiger partial charge in [-0.1, -0.05) is 30.3 Å². The van der Waals surface area contributed by atoms with Gasteiger partial charge in [0, 0.05) is 12.8 Å². The van der Waals surface area contributed by atoms with Crippen molar-refractivity contribution in [3.05, 3.63) is 35.9 Å². The molecule has 1 atom stereocenters. The molecule has 3 rings (SSSR count). The fourth-order valence-corrected chi connectivity index (χ4v) is 2.49. The summed E-state index contributed by atoms with van der Waals surface area (Å²) in [7, 11) is 0. The average molecular weight is 304 g/mol. The van der Waals surface area contributed by atoms with E-state index in [0.717, 1.165) is 18.4 Å². The molecule has 1 aliphatic carbocycles. The molecule has 0 amide bonds. The zero-order chi connectivity index (χ0) is 15.4. The second-order valence-corrected chi connectivity index (χ2v) is 6.02. The van der Waals surface area contributed by atoms with Gasteiger partial charge in [-0.3, -0.25) is 9.59 Å². The molecular formula is C17H20O5. The third-order valence-corrected chi connectivity index (χ3v) is 3.98. The van der Waals surface area contributed by atoms with Gasteiger partial charge in [-0.05, 0) is 18.4 Å². The van der Waals surface area contributed by atoms with E-state index in [-0.39, 0.29) is 31.1 Å². The van der Waals surface area contributed by atoms with Crippen molar-refractivity contribution in [3.63, 3.8) is 0 Å². The Labute approximate surface area is 129 Å². The minimum absolute atomic E-state index is 0.0411. The molecule has 0 N–H and O–H groups in total. The van der Waals surface area contributed by atoms with E-state index in [0.29, 0.717) is 19.4 Å². The van der Waals surface area contributed by atoms with Crippen LogP contribution < -0.4 is 0 Å².